The van der Waals surface area contributed by atoms with Crippen LogP contribution in [0.5, 0.6) is 0 Å². The summed E-state index contributed by atoms with van der Waals surface area (Å²) in [7, 11) is 0. The van der Waals surface area contributed by atoms with E-state index in [2.05, 4.69) is 52.0 Å². The van der Waals surface area contributed by atoms with Crippen LogP contribution in [0.4, 0.5) is 0 Å². The zero-order valence-corrected chi connectivity index (χ0v) is 19.0. The molecule has 0 radical (unpaired) electrons. The van der Waals surface area contributed by atoms with Crippen LogP contribution in [0.25, 0.3) is 0 Å². The molecule has 0 aliphatic heterocycles. The van der Waals surface area contributed by atoms with E-state index >= 15 is 0 Å². The quantitative estimate of drug-likeness (QED) is 0.365. The first-order valence-electron chi connectivity index (χ1n) is 11.1. The molecule has 4 rings (SSSR count). The molecule has 31 heavy (non-hydrogen) atoms. The molecule has 0 atom stereocenters. The molecule has 2 aromatic rings. The van der Waals surface area contributed by atoms with Crippen LogP contribution < -0.4 is 0 Å². The van der Waals surface area contributed by atoms with Gasteiger partial charge >= 0.3 is 0 Å². The maximum atomic E-state index is 13.4. The lowest BCUT2D eigenvalue weighted by atomic mass is 9.67. The fourth-order valence-electron chi connectivity index (χ4n) is 4.87. The number of benzene rings is 2. The van der Waals surface area contributed by atoms with E-state index < -0.39 is 5.92 Å². The van der Waals surface area contributed by atoms with Crippen molar-refractivity contribution in [2.75, 3.05) is 0 Å². The van der Waals surface area contributed by atoms with E-state index in [1.165, 1.54) is 11.1 Å². The van der Waals surface area contributed by atoms with Crippen LogP contribution in [-0.4, -0.2) is 17.3 Å². The lowest BCUT2D eigenvalue weighted by Crippen LogP contribution is -2.29. The van der Waals surface area contributed by atoms with E-state index in [4.69, 9.17) is 0 Å². The number of hydrogen-bond acceptors (Lipinski definition) is 3. The van der Waals surface area contributed by atoms with Crippen molar-refractivity contribution in [3.05, 3.63) is 81.9 Å². The van der Waals surface area contributed by atoms with Gasteiger partial charge < -0.3 is 0 Å². The molecule has 1 saturated carbocycles. The van der Waals surface area contributed by atoms with E-state index in [1.807, 2.05) is 6.92 Å². The van der Waals surface area contributed by atoms with Crippen LogP contribution in [0.15, 0.2) is 48.6 Å². The van der Waals surface area contributed by atoms with Gasteiger partial charge in [-0.15, -0.1) is 0 Å². The third-order valence-electron chi connectivity index (χ3n) is 6.91. The zero-order valence-electron chi connectivity index (χ0n) is 19.0. The molecule has 0 amide bonds. The molecule has 0 bridgehead atoms. The summed E-state index contributed by atoms with van der Waals surface area (Å²) in [6, 6.07) is 11.2. The third-order valence-corrected chi connectivity index (χ3v) is 6.91. The van der Waals surface area contributed by atoms with E-state index in [1.54, 1.807) is 24.3 Å². The number of carbonyl (C=O) groups excluding carboxylic acids is 3. The van der Waals surface area contributed by atoms with Crippen LogP contribution in [0.2, 0.25) is 0 Å². The van der Waals surface area contributed by atoms with Gasteiger partial charge in [-0.3, -0.25) is 14.4 Å². The van der Waals surface area contributed by atoms with Crippen LogP contribution in [0.1, 0.15) is 91.1 Å². The molecule has 0 saturated heterocycles. The van der Waals surface area contributed by atoms with Crippen molar-refractivity contribution in [3.8, 4) is 0 Å². The molecule has 2 aromatic carbocycles. The first kappa shape index (κ1) is 21.4. The Labute approximate surface area is 184 Å². The molecule has 0 heterocycles. The average Bonchev–Trinajstić information content (AvgIpc) is 2.71. The molecule has 0 aromatic heterocycles. The number of rotatable bonds is 3. The fraction of sp³-hybridized carbons (Fsp3) is 0.393. The third kappa shape index (κ3) is 3.71. The Bertz CT molecular complexity index is 1100. The van der Waals surface area contributed by atoms with Crippen molar-refractivity contribution in [1.29, 1.82) is 0 Å². The van der Waals surface area contributed by atoms with Crippen molar-refractivity contribution >= 4 is 17.3 Å². The Morgan fingerprint density at radius 1 is 0.839 bits per heavy atom. The van der Waals surface area contributed by atoms with Gasteiger partial charge in [0.1, 0.15) is 17.5 Å². The highest BCUT2D eigenvalue weighted by atomic mass is 16.2. The number of Topliss-reactive ketones (excluding diaryl/α,β-unsaturated/α-hetero) is 2. The highest BCUT2D eigenvalue weighted by Gasteiger charge is 2.34. The van der Waals surface area contributed by atoms with Crippen LogP contribution in [0, 0.1) is 6.92 Å². The number of fused-ring (bicyclic) bond motifs is 1. The lowest BCUT2D eigenvalue weighted by Gasteiger charge is -2.37. The highest BCUT2D eigenvalue weighted by Crippen LogP contribution is 2.42. The maximum absolute atomic E-state index is 13.4. The second-order valence-corrected chi connectivity index (χ2v) is 10.2. The Morgan fingerprint density at radius 3 is 1.90 bits per heavy atom. The Hall–Kier alpha value is -2.81. The number of allylic oxidation sites excluding steroid dienone is 2. The van der Waals surface area contributed by atoms with Crippen LogP contribution >= 0.6 is 0 Å². The summed E-state index contributed by atoms with van der Waals surface area (Å²) in [6.45, 7) is 10.7. The van der Waals surface area contributed by atoms with Crippen LogP contribution in [0.3, 0.4) is 0 Å². The molecule has 160 valence electrons. The summed E-state index contributed by atoms with van der Waals surface area (Å²) in [5.41, 5.74) is 5.17. The minimum Gasteiger partial charge on any atom is -0.299 e. The lowest BCUT2D eigenvalue weighted by molar-refractivity contribution is -0.131. The van der Waals surface area contributed by atoms with E-state index in [0.29, 0.717) is 36.0 Å². The van der Waals surface area contributed by atoms with Crippen molar-refractivity contribution in [2.45, 2.75) is 70.6 Å². The van der Waals surface area contributed by atoms with Gasteiger partial charge in [0.05, 0.1) is 0 Å². The van der Waals surface area contributed by atoms with Crippen molar-refractivity contribution in [2.24, 2.45) is 0 Å². The normalized spacial score (nSPS) is 19.9. The van der Waals surface area contributed by atoms with Gasteiger partial charge in [-0.2, -0.15) is 0 Å². The van der Waals surface area contributed by atoms with Gasteiger partial charge in [0.2, 0.25) is 0 Å². The van der Waals surface area contributed by atoms with E-state index in [0.717, 1.165) is 5.56 Å². The summed E-state index contributed by atoms with van der Waals surface area (Å²) < 4.78 is 0. The summed E-state index contributed by atoms with van der Waals surface area (Å²) >= 11 is 0. The molecule has 1 fully saturated rings. The Kier molecular flexibility index (Phi) is 5.12. The Morgan fingerprint density at radius 2 is 1.35 bits per heavy atom. The van der Waals surface area contributed by atoms with Gasteiger partial charge in [0, 0.05) is 34.8 Å². The number of ketones is 3. The fourth-order valence-corrected chi connectivity index (χ4v) is 4.87. The maximum Gasteiger partial charge on any atom is 0.193 e. The van der Waals surface area contributed by atoms with Crippen LogP contribution in [-0.2, 0) is 20.4 Å². The topological polar surface area (TPSA) is 51.2 Å². The molecular formula is C28H30O3. The second kappa shape index (κ2) is 7.40. The van der Waals surface area contributed by atoms with Crippen molar-refractivity contribution in [1.82, 2.24) is 0 Å². The predicted molar refractivity (Wildman–Crippen MR) is 123 cm³/mol. The average molecular weight is 415 g/mol. The largest absolute Gasteiger partial charge is 0.299 e. The standard InChI is InChI=1S/C28H30O3/c1-17-15-21-22(28(4,5)14-13-27(21,2)3)16-20(17)26(31)19-11-9-18(10-12-19)25-23(29)7-6-8-24(25)30/h9-16,25H,6-8H2,1-5H3. The SMILES string of the molecule is Cc1cc2c(cc1C(=O)c1ccc(C3C(=O)CCCC3=O)cc1)C(C)(C)C=CC2(C)C. The van der Waals surface area contributed by atoms with Gasteiger partial charge in [-0.25, -0.2) is 0 Å². The Balaban J connectivity index is 1.70. The molecule has 2 aliphatic carbocycles. The predicted octanol–water partition coefficient (Wildman–Crippen LogP) is 5.76. The summed E-state index contributed by atoms with van der Waals surface area (Å²) in [5.74, 6) is -0.730. The van der Waals surface area contributed by atoms with E-state index in [9.17, 15) is 14.4 Å². The summed E-state index contributed by atoms with van der Waals surface area (Å²) in [5, 5.41) is 0. The molecule has 3 heteroatoms. The van der Waals surface area contributed by atoms with Gasteiger partial charge in [0.15, 0.2) is 5.78 Å². The van der Waals surface area contributed by atoms with Gasteiger partial charge in [-0.1, -0.05) is 70.2 Å². The second-order valence-electron chi connectivity index (χ2n) is 10.2. The number of carbonyl (C=O) groups is 3. The molecule has 0 spiro atoms. The minimum atomic E-state index is -0.668. The molecule has 3 nitrogen and oxygen atoms in total. The first-order chi connectivity index (χ1) is 14.5. The van der Waals surface area contributed by atoms with Gasteiger partial charge in [0.25, 0.3) is 0 Å². The molecule has 0 N–H and O–H groups in total. The van der Waals surface area contributed by atoms with E-state index in [-0.39, 0.29) is 28.2 Å². The summed E-state index contributed by atoms with van der Waals surface area (Å²) in [4.78, 5) is 37.9. The minimum absolute atomic E-state index is 0.0150. The number of aryl methyl sites for hydroxylation is 1. The molecule has 0 unspecified atom stereocenters. The smallest absolute Gasteiger partial charge is 0.193 e. The highest BCUT2D eigenvalue weighted by molar-refractivity contribution is 6.11. The summed E-state index contributed by atoms with van der Waals surface area (Å²) in [6.07, 6.45) is 6.03. The monoisotopic (exact) mass is 414 g/mol. The molecular weight excluding hydrogens is 384 g/mol. The first-order valence-corrected chi connectivity index (χ1v) is 11.1. The number of hydrogen-bond donors (Lipinski definition) is 0. The van der Waals surface area contributed by atoms with Crippen molar-refractivity contribution < 1.29 is 14.4 Å². The van der Waals surface area contributed by atoms with Gasteiger partial charge in [-0.05, 0) is 41.7 Å². The molecule has 2 aliphatic rings. The van der Waals surface area contributed by atoms with Crippen molar-refractivity contribution in [3.63, 3.8) is 0 Å². The zero-order chi connectivity index (χ0) is 22.6.